The van der Waals surface area contributed by atoms with Crippen molar-refractivity contribution in [2.75, 3.05) is 0 Å². The van der Waals surface area contributed by atoms with Gasteiger partial charge in [0.1, 0.15) is 12.0 Å². The number of alkyl halides is 1. The summed E-state index contributed by atoms with van der Waals surface area (Å²) in [5, 5.41) is 0. The molecule has 1 aromatic rings. The Labute approximate surface area is 59.1 Å². The van der Waals surface area contributed by atoms with Gasteiger partial charge in [-0.1, -0.05) is 0 Å². The van der Waals surface area contributed by atoms with Crippen molar-refractivity contribution >= 4 is 0 Å². The highest BCUT2D eigenvalue weighted by Crippen LogP contribution is 2.11. The highest BCUT2D eigenvalue weighted by atomic mass is 19.1. The molecule has 0 spiro atoms. The Morgan fingerprint density at radius 3 is 2.70 bits per heavy atom. The van der Waals surface area contributed by atoms with Gasteiger partial charge in [0, 0.05) is 6.20 Å². The molecule has 54 valence electrons. The van der Waals surface area contributed by atoms with Crippen LogP contribution in [0.5, 0.6) is 0 Å². The van der Waals surface area contributed by atoms with Crippen LogP contribution < -0.4 is 0 Å². The van der Waals surface area contributed by atoms with Crippen LogP contribution in [0.25, 0.3) is 0 Å². The fourth-order valence-corrected chi connectivity index (χ4v) is 0.696. The lowest BCUT2D eigenvalue weighted by atomic mass is 10.3. The zero-order valence-electron chi connectivity index (χ0n) is 6.00. The molecule has 0 saturated heterocycles. The molecule has 3 heteroatoms. The molecule has 0 saturated carbocycles. The summed E-state index contributed by atoms with van der Waals surface area (Å²) in [6.45, 7) is 3.20. The third kappa shape index (κ3) is 1.50. The molecule has 0 aliphatic rings. The summed E-state index contributed by atoms with van der Waals surface area (Å²) in [4.78, 5) is 7.73. The van der Waals surface area contributed by atoms with Crippen LogP contribution in [0.2, 0.25) is 0 Å². The lowest BCUT2D eigenvalue weighted by Crippen LogP contribution is -1.94. The third-order valence-electron chi connectivity index (χ3n) is 1.21. The minimum atomic E-state index is -0.998. The normalized spacial score (nSPS) is 13.1. The van der Waals surface area contributed by atoms with Crippen LogP contribution in [0.3, 0.4) is 0 Å². The predicted octanol–water partition coefficient (Wildman–Crippen LogP) is 1.82. The molecule has 0 amide bonds. The van der Waals surface area contributed by atoms with E-state index in [1.54, 1.807) is 19.2 Å². The second-order valence-electron chi connectivity index (χ2n) is 2.14. The SMILES string of the molecule is Cc1nccc(C(C)F)n1. The van der Waals surface area contributed by atoms with E-state index in [4.69, 9.17) is 0 Å². The first-order chi connectivity index (χ1) is 4.70. The van der Waals surface area contributed by atoms with E-state index in [9.17, 15) is 4.39 Å². The maximum absolute atomic E-state index is 12.5. The quantitative estimate of drug-likeness (QED) is 0.594. The van der Waals surface area contributed by atoms with E-state index in [0.29, 0.717) is 11.5 Å². The molecule has 1 aromatic heterocycles. The summed E-state index contributed by atoms with van der Waals surface area (Å²) in [5.41, 5.74) is 0.451. The Morgan fingerprint density at radius 2 is 2.30 bits per heavy atom. The number of hydrogen-bond donors (Lipinski definition) is 0. The van der Waals surface area contributed by atoms with E-state index in [1.807, 2.05) is 0 Å². The van der Waals surface area contributed by atoms with Crippen LogP contribution >= 0.6 is 0 Å². The van der Waals surface area contributed by atoms with Crippen LogP contribution in [0.4, 0.5) is 4.39 Å². The lowest BCUT2D eigenvalue weighted by Gasteiger charge is -1.99. The van der Waals surface area contributed by atoms with Crippen molar-refractivity contribution < 1.29 is 4.39 Å². The maximum atomic E-state index is 12.5. The zero-order chi connectivity index (χ0) is 7.56. The van der Waals surface area contributed by atoms with Gasteiger partial charge in [-0.3, -0.25) is 0 Å². The largest absolute Gasteiger partial charge is 0.242 e. The molecule has 0 aliphatic carbocycles. The number of aromatic nitrogens is 2. The van der Waals surface area contributed by atoms with Gasteiger partial charge in [-0.15, -0.1) is 0 Å². The zero-order valence-corrected chi connectivity index (χ0v) is 6.00. The molecule has 0 bridgehead atoms. The van der Waals surface area contributed by atoms with Gasteiger partial charge in [0.05, 0.1) is 5.69 Å². The van der Waals surface area contributed by atoms with Crippen molar-refractivity contribution in [2.24, 2.45) is 0 Å². The first-order valence-corrected chi connectivity index (χ1v) is 3.14. The van der Waals surface area contributed by atoms with Crippen LogP contribution in [0.1, 0.15) is 24.6 Å². The second-order valence-corrected chi connectivity index (χ2v) is 2.14. The minimum Gasteiger partial charge on any atom is -0.242 e. The first-order valence-electron chi connectivity index (χ1n) is 3.14. The van der Waals surface area contributed by atoms with Gasteiger partial charge < -0.3 is 0 Å². The van der Waals surface area contributed by atoms with Crippen molar-refractivity contribution in [3.63, 3.8) is 0 Å². The predicted molar refractivity (Wildman–Crippen MR) is 36.3 cm³/mol. The smallest absolute Gasteiger partial charge is 0.139 e. The number of rotatable bonds is 1. The number of hydrogen-bond acceptors (Lipinski definition) is 2. The number of aryl methyl sites for hydroxylation is 1. The average Bonchev–Trinajstić information content (AvgIpc) is 1.88. The van der Waals surface area contributed by atoms with E-state index in [1.165, 1.54) is 6.92 Å². The van der Waals surface area contributed by atoms with Crippen molar-refractivity contribution in [3.8, 4) is 0 Å². The van der Waals surface area contributed by atoms with E-state index in [0.717, 1.165) is 0 Å². The molecule has 0 radical (unpaired) electrons. The minimum absolute atomic E-state index is 0.451. The van der Waals surface area contributed by atoms with Gasteiger partial charge in [-0.05, 0) is 19.9 Å². The molecule has 0 aromatic carbocycles. The van der Waals surface area contributed by atoms with Crippen LogP contribution in [-0.4, -0.2) is 9.97 Å². The molecule has 0 fully saturated rings. The van der Waals surface area contributed by atoms with E-state index in [-0.39, 0.29) is 0 Å². The first kappa shape index (κ1) is 7.12. The van der Waals surface area contributed by atoms with Crippen LogP contribution in [-0.2, 0) is 0 Å². The summed E-state index contributed by atoms with van der Waals surface area (Å²) in [6, 6.07) is 1.58. The van der Waals surface area contributed by atoms with Crippen LogP contribution in [0.15, 0.2) is 12.3 Å². The monoisotopic (exact) mass is 140 g/mol. The fraction of sp³-hybridized carbons (Fsp3) is 0.429. The van der Waals surface area contributed by atoms with Crippen LogP contribution in [0, 0.1) is 6.92 Å². The van der Waals surface area contributed by atoms with Gasteiger partial charge in [0.2, 0.25) is 0 Å². The Morgan fingerprint density at radius 1 is 1.60 bits per heavy atom. The average molecular weight is 140 g/mol. The van der Waals surface area contributed by atoms with Gasteiger partial charge in [-0.2, -0.15) is 0 Å². The summed E-state index contributed by atoms with van der Waals surface area (Å²) in [7, 11) is 0. The van der Waals surface area contributed by atoms with E-state index in [2.05, 4.69) is 9.97 Å². The Kier molecular flexibility index (Phi) is 1.94. The third-order valence-corrected chi connectivity index (χ3v) is 1.21. The second kappa shape index (κ2) is 2.73. The standard InChI is InChI=1S/C7H9FN2/c1-5(8)7-3-4-9-6(2)10-7/h3-5H,1-2H3. The molecule has 10 heavy (non-hydrogen) atoms. The fourth-order valence-electron chi connectivity index (χ4n) is 0.696. The molecule has 1 atom stereocenters. The van der Waals surface area contributed by atoms with Gasteiger partial charge in [-0.25, -0.2) is 14.4 Å². The summed E-state index contributed by atoms with van der Waals surface area (Å²) < 4.78 is 12.5. The lowest BCUT2D eigenvalue weighted by molar-refractivity contribution is 0.364. The summed E-state index contributed by atoms with van der Waals surface area (Å²) in [5.74, 6) is 0.613. The van der Waals surface area contributed by atoms with Crippen molar-refractivity contribution in [1.82, 2.24) is 9.97 Å². The summed E-state index contributed by atoms with van der Waals surface area (Å²) in [6.07, 6.45) is 0.565. The summed E-state index contributed by atoms with van der Waals surface area (Å²) >= 11 is 0. The molecule has 1 heterocycles. The topological polar surface area (TPSA) is 25.8 Å². The van der Waals surface area contributed by atoms with Gasteiger partial charge in [0.25, 0.3) is 0 Å². The Bertz CT molecular complexity index is 223. The molecular formula is C7H9FN2. The number of halogens is 1. The van der Waals surface area contributed by atoms with E-state index >= 15 is 0 Å². The molecular weight excluding hydrogens is 131 g/mol. The van der Waals surface area contributed by atoms with Crippen molar-refractivity contribution in [2.45, 2.75) is 20.0 Å². The molecule has 1 rings (SSSR count). The molecule has 0 N–H and O–H groups in total. The Hall–Kier alpha value is -0.990. The highest BCUT2D eigenvalue weighted by molar-refractivity contribution is 5.03. The number of nitrogens with zero attached hydrogens (tertiary/aromatic N) is 2. The molecule has 0 aliphatic heterocycles. The van der Waals surface area contributed by atoms with Gasteiger partial charge >= 0.3 is 0 Å². The molecule has 2 nitrogen and oxygen atoms in total. The van der Waals surface area contributed by atoms with Crippen molar-refractivity contribution in [1.29, 1.82) is 0 Å². The molecule has 1 unspecified atom stereocenters. The maximum Gasteiger partial charge on any atom is 0.139 e. The Balaban J connectivity index is 2.96. The van der Waals surface area contributed by atoms with Gasteiger partial charge in [0.15, 0.2) is 0 Å². The van der Waals surface area contributed by atoms with E-state index < -0.39 is 6.17 Å². The highest BCUT2D eigenvalue weighted by Gasteiger charge is 2.02. The van der Waals surface area contributed by atoms with Crippen molar-refractivity contribution in [3.05, 3.63) is 23.8 Å².